The largest absolute Gasteiger partial charge is 0.349 e. The van der Waals surface area contributed by atoms with Gasteiger partial charge in [0.05, 0.1) is 11.9 Å². The number of aromatic nitrogens is 3. The minimum atomic E-state index is -0.315. The van der Waals surface area contributed by atoms with E-state index in [2.05, 4.69) is 10.4 Å². The van der Waals surface area contributed by atoms with Crippen molar-refractivity contribution in [3.8, 4) is 11.5 Å². The Hall–Kier alpha value is -2.89. The van der Waals surface area contributed by atoms with Gasteiger partial charge in [-0.05, 0) is 49.2 Å². The maximum absolute atomic E-state index is 13.2. The highest BCUT2D eigenvalue weighted by Gasteiger charge is 2.21. The molecule has 5 nitrogen and oxygen atoms in total. The third-order valence-corrected chi connectivity index (χ3v) is 4.23. The maximum atomic E-state index is 13.2. The Morgan fingerprint density at radius 2 is 1.80 bits per heavy atom. The van der Waals surface area contributed by atoms with E-state index < -0.39 is 0 Å². The first-order valence-electron chi connectivity index (χ1n) is 8.42. The highest BCUT2D eigenvalue weighted by molar-refractivity contribution is 5.97. The lowest BCUT2D eigenvalue weighted by Crippen LogP contribution is -2.34. The number of nitrogens with zero attached hydrogens (tertiary/aromatic N) is 3. The zero-order valence-corrected chi connectivity index (χ0v) is 14.3. The number of amides is 1. The van der Waals surface area contributed by atoms with E-state index in [1.807, 2.05) is 42.9 Å². The summed E-state index contributed by atoms with van der Waals surface area (Å²) in [6.45, 7) is 4.09. The number of halogens is 1. The summed E-state index contributed by atoms with van der Waals surface area (Å²) in [4.78, 5) is 12.7. The third-order valence-electron chi connectivity index (χ3n) is 4.23. The molecular formula is C19H21FN4O. The van der Waals surface area contributed by atoms with E-state index in [0.717, 1.165) is 12.8 Å². The molecule has 3 aromatic rings. The second kappa shape index (κ2) is 7.34. The molecule has 0 radical (unpaired) electrons. The van der Waals surface area contributed by atoms with Gasteiger partial charge in [-0.2, -0.15) is 5.10 Å². The van der Waals surface area contributed by atoms with E-state index in [4.69, 9.17) is 0 Å². The van der Waals surface area contributed by atoms with Crippen LogP contribution in [-0.4, -0.2) is 26.3 Å². The molecule has 0 aliphatic rings. The van der Waals surface area contributed by atoms with E-state index in [0.29, 0.717) is 17.1 Å². The number of hydrogen-bond acceptors (Lipinski definition) is 2. The van der Waals surface area contributed by atoms with Gasteiger partial charge in [0.1, 0.15) is 11.4 Å². The smallest absolute Gasteiger partial charge is 0.256 e. The minimum Gasteiger partial charge on any atom is -0.349 e. The topological polar surface area (TPSA) is 51.9 Å². The van der Waals surface area contributed by atoms with Crippen molar-refractivity contribution >= 4 is 5.91 Å². The summed E-state index contributed by atoms with van der Waals surface area (Å²) in [5.41, 5.74) is 1.17. The van der Waals surface area contributed by atoms with E-state index in [9.17, 15) is 9.18 Å². The quantitative estimate of drug-likeness (QED) is 0.743. The van der Waals surface area contributed by atoms with Crippen LogP contribution in [0.15, 0.2) is 55.0 Å². The fraction of sp³-hybridized carbons (Fsp3) is 0.263. The Labute approximate surface area is 146 Å². The molecule has 2 heterocycles. The summed E-state index contributed by atoms with van der Waals surface area (Å²) in [5, 5.41) is 7.41. The molecule has 1 N–H and O–H groups in total. The maximum Gasteiger partial charge on any atom is 0.256 e. The predicted octanol–water partition coefficient (Wildman–Crippen LogP) is 3.72. The number of nitrogens with one attached hydrogen (secondary N) is 1. The van der Waals surface area contributed by atoms with E-state index >= 15 is 0 Å². The van der Waals surface area contributed by atoms with Crippen LogP contribution in [0.25, 0.3) is 11.5 Å². The molecule has 0 aliphatic heterocycles. The molecule has 130 valence electrons. The third kappa shape index (κ3) is 3.47. The number of rotatable bonds is 6. The highest BCUT2D eigenvalue weighted by Crippen LogP contribution is 2.20. The van der Waals surface area contributed by atoms with Crippen LogP contribution < -0.4 is 5.32 Å². The molecule has 0 bridgehead atoms. The van der Waals surface area contributed by atoms with Crippen molar-refractivity contribution in [2.75, 3.05) is 0 Å². The van der Waals surface area contributed by atoms with Crippen molar-refractivity contribution in [3.63, 3.8) is 0 Å². The van der Waals surface area contributed by atoms with Crippen molar-refractivity contribution in [2.24, 2.45) is 0 Å². The summed E-state index contributed by atoms with van der Waals surface area (Å²) in [6, 6.07) is 9.91. The lowest BCUT2D eigenvalue weighted by molar-refractivity contribution is 0.0935. The van der Waals surface area contributed by atoms with Gasteiger partial charge in [0.25, 0.3) is 5.91 Å². The summed E-state index contributed by atoms with van der Waals surface area (Å²) in [6.07, 6.45) is 6.99. The van der Waals surface area contributed by atoms with Crippen molar-refractivity contribution in [2.45, 2.75) is 32.7 Å². The predicted molar refractivity (Wildman–Crippen MR) is 94.7 cm³/mol. The molecule has 0 unspecified atom stereocenters. The molecule has 0 saturated heterocycles. The van der Waals surface area contributed by atoms with Crippen molar-refractivity contribution in [1.29, 1.82) is 0 Å². The zero-order chi connectivity index (χ0) is 17.8. The van der Waals surface area contributed by atoms with Crippen LogP contribution in [0, 0.1) is 5.82 Å². The van der Waals surface area contributed by atoms with Crippen LogP contribution in [0.5, 0.6) is 0 Å². The Kier molecular flexibility index (Phi) is 4.97. The Morgan fingerprint density at radius 3 is 2.40 bits per heavy atom. The molecule has 1 amide bonds. The molecule has 0 fully saturated rings. The van der Waals surface area contributed by atoms with Gasteiger partial charge in [-0.1, -0.05) is 13.8 Å². The van der Waals surface area contributed by atoms with Gasteiger partial charge in [-0.3, -0.25) is 4.79 Å². The summed E-state index contributed by atoms with van der Waals surface area (Å²) >= 11 is 0. The molecule has 0 saturated carbocycles. The van der Waals surface area contributed by atoms with E-state index in [1.54, 1.807) is 23.0 Å². The molecule has 25 heavy (non-hydrogen) atoms. The number of hydrogen-bond donors (Lipinski definition) is 1. The molecule has 2 aromatic heterocycles. The minimum absolute atomic E-state index is 0.124. The van der Waals surface area contributed by atoms with Gasteiger partial charge in [-0.25, -0.2) is 9.07 Å². The van der Waals surface area contributed by atoms with Crippen LogP contribution in [0.1, 0.15) is 37.0 Å². The lowest BCUT2D eigenvalue weighted by atomic mass is 10.1. The molecule has 6 heteroatoms. The van der Waals surface area contributed by atoms with Crippen molar-refractivity contribution in [1.82, 2.24) is 19.7 Å². The SMILES string of the molecule is CCC(CC)NC(=O)c1cnn(-c2ccc(F)cc2)c1-n1cccc1. The summed E-state index contributed by atoms with van der Waals surface area (Å²) in [7, 11) is 0. The van der Waals surface area contributed by atoms with Gasteiger partial charge in [0.15, 0.2) is 5.82 Å². The standard InChI is InChI=1S/C19H21FN4O/c1-3-15(4-2)22-18(25)17-13-21-24(16-9-7-14(20)8-10-16)19(17)23-11-5-6-12-23/h5-13,15H,3-4H2,1-2H3,(H,22,25). The second-order valence-corrected chi connectivity index (χ2v) is 5.85. The van der Waals surface area contributed by atoms with Crippen LogP contribution in [0.2, 0.25) is 0 Å². The molecule has 0 spiro atoms. The molecule has 3 rings (SSSR count). The monoisotopic (exact) mass is 340 g/mol. The van der Waals surface area contributed by atoms with Crippen LogP contribution >= 0.6 is 0 Å². The van der Waals surface area contributed by atoms with Crippen LogP contribution in [-0.2, 0) is 0 Å². The fourth-order valence-corrected chi connectivity index (χ4v) is 2.75. The normalized spacial score (nSPS) is 11.0. The first-order chi connectivity index (χ1) is 12.1. The summed E-state index contributed by atoms with van der Waals surface area (Å²) < 4.78 is 16.7. The molecule has 1 aromatic carbocycles. The Bertz CT molecular complexity index is 833. The van der Waals surface area contributed by atoms with Gasteiger partial charge >= 0.3 is 0 Å². The average Bonchev–Trinajstić information content (AvgIpc) is 3.29. The number of carbonyl (C=O) groups excluding carboxylic acids is 1. The van der Waals surface area contributed by atoms with Gasteiger partial charge < -0.3 is 9.88 Å². The van der Waals surface area contributed by atoms with Crippen LogP contribution in [0.4, 0.5) is 4.39 Å². The zero-order valence-electron chi connectivity index (χ0n) is 14.3. The Balaban J connectivity index is 2.05. The lowest BCUT2D eigenvalue weighted by Gasteiger charge is -2.15. The van der Waals surface area contributed by atoms with E-state index in [-0.39, 0.29) is 17.8 Å². The molecule has 0 atom stereocenters. The Morgan fingerprint density at radius 1 is 1.16 bits per heavy atom. The second-order valence-electron chi connectivity index (χ2n) is 5.85. The van der Waals surface area contributed by atoms with Gasteiger partial charge in [0.2, 0.25) is 0 Å². The van der Waals surface area contributed by atoms with Gasteiger partial charge in [-0.15, -0.1) is 0 Å². The van der Waals surface area contributed by atoms with E-state index in [1.165, 1.54) is 12.1 Å². The first-order valence-corrected chi connectivity index (χ1v) is 8.42. The highest BCUT2D eigenvalue weighted by atomic mass is 19.1. The first kappa shape index (κ1) is 17.0. The summed E-state index contributed by atoms with van der Waals surface area (Å²) in [5.74, 6) is 0.149. The van der Waals surface area contributed by atoms with Crippen molar-refractivity contribution in [3.05, 3.63) is 66.4 Å². The number of carbonyl (C=O) groups is 1. The molecule has 0 aliphatic carbocycles. The van der Waals surface area contributed by atoms with Crippen LogP contribution in [0.3, 0.4) is 0 Å². The fourth-order valence-electron chi connectivity index (χ4n) is 2.75. The molecular weight excluding hydrogens is 319 g/mol. The average molecular weight is 340 g/mol. The van der Waals surface area contributed by atoms with Crippen molar-refractivity contribution < 1.29 is 9.18 Å². The number of benzene rings is 1. The van der Waals surface area contributed by atoms with Gasteiger partial charge in [0, 0.05) is 18.4 Å².